The molecule has 4 aromatic rings. The Morgan fingerprint density at radius 2 is 1.42 bits per heavy atom. The highest BCUT2D eigenvalue weighted by Crippen LogP contribution is 2.37. The van der Waals surface area contributed by atoms with E-state index in [1.54, 1.807) is 26.0 Å². The molecule has 0 unspecified atom stereocenters. The highest BCUT2D eigenvalue weighted by molar-refractivity contribution is 7.99. The lowest BCUT2D eigenvalue weighted by Gasteiger charge is -2.11. The van der Waals surface area contributed by atoms with Crippen molar-refractivity contribution in [3.63, 3.8) is 0 Å². The zero-order valence-electron chi connectivity index (χ0n) is 17.8. The monoisotopic (exact) mass is 463 g/mol. The second-order valence-corrected chi connectivity index (χ2v) is 8.34. The first-order valence-electron chi connectivity index (χ1n) is 10.0. The lowest BCUT2D eigenvalue weighted by molar-refractivity contribution is 0.0941. The molecule has 0 fully saturated rings. The maximum absolute atomic E-state index is 13.2. The van der Waals surface area contributed by atoms with Crippen LogP contribution in [0.5, 0.6) is 0 Å². The Balaban J connectivity index is 1.60. The number of halogens is 2. The summed E-state index contributed by atoms with van der Waals surface area (Å²) in [5, 5.41) is 7.24. The molecule has 0 aliphatic rings. The SMILES string of the molecule is Cc1nn(C(=O)c2ccc(F)cc2)c(C)c1Sc1ccccc1NC(=O)c1ccc(F)cc1. The molecule has 0 radical (unpaired) electrons. The van der Waals surface area contributed by atoms with Crippen LogP contribution in [0.1, 0.15) is 32.1 Å². The molecule has 1 heterocycles. The summed E-state index contributed by atoms with van der Waals surface area (Å²) < 4.78 is 27.7. The minimum Gasteiger partial charge on any atom is -0.321 e. The van der Waals surface area contributed by atoms with Crippen LogP contribution < -0.4 is 5.32 Å². The fraction of sp³-hybridized carbons (Fsp3) is 0.0800. The molecular weight excluding hydrogens is 444 g/mol. The summed E-state index contributed by atoms with van der Waals surface area (Å²) in [7, 11) is 0. The molecule has 0 aliphatic carbocycles. The van der Waals surface area contributed by atoms with Gasteiger partial charge in [0.05, 0.1) is 22.0 Å². The van der Waals surface area contributed by atoms with E-state index in [4.69, 9.17) is 0 Å². The largest absolute Gasteiger partial charge is 0.321 e. The van der Waals surface area contributed by atoms with Gasteiger partial charge in [-0.15, -0.1) is 0 Å². The molecule has 3 aromatic carbocycles. The third-order valence-electron chi connectivity index (χ3n) is 4.96. The predicted molar refractivity (Wildman–Crippen MR) is 123 cm³/mol. The van der Waals surface area contributed by atoms with Crippen molar-refractivity contribution in [3.8, 4) is 0 Å². The van der Waals surface area contributed by atoms with Gasteiger partial charge in [-0.3, -0.25) is 9.59 Å². The van der Waals surface area contributed by atoms with E-state index in [9.17, 15) is 18.4 Å². The molecule has 0 atom stereocenters. The van der Waals surface area contributed by atoms with Crippen molar-refractivity contribution in [2.75, 3.05) is 5.32 Å². The predicted octanol–water partition coefficient (Wildman–Crippen LogP) is 5.87. The van der Waals surface area contributed by atoms with Gasteiger partial charge in [-0.05, 0) is 74.5 Å². The maximum atomic E-state index is 13.2. The zero-order valence-corrected chi connectivity index (χ0v) is 18.6. The number of aryl methyl sites for hydroxylation is 1. The Morgan fingerprint density at radius 1 is 0.848 bits per heavy atom. The molecule has 4 rings (SSSR count). The Labute approximate surface area is 193 Å². The van der Waals surface area contributed by atoms with Crippen LogP contribution in [0, 0.1) is 25.5 Å². The number of anilines is 1. The van der Waals surface area contributed by atoms with Crippen LogP contribution in [0.4, 0.5) is 14.5 Å². The standard InChI is InChI=1S/C25H19F2N3O2S/c1-15-23(16(2)30(29-15)25(32)18-9-13-20(27)14-10-18)33-22-6-4-3-5-21(22)28-24(31)17-7-11-19(26)12-8-17/h3-14H,1-2H3,(H,28,31). The van der Waals surface area contributed by atoms with E-state index in [1.165, 1.54) is 65.0 Å². The summed E-state index contributed by atoms with van der Waals surface area (Å²) in [6, 6.07) is 17.8. The number of hydrogen-bond donors (Lipinski definition) is 1. The minimum atomic E-state index is -0.421. The Hall–Kier alpha value is -3.78. The van der Waals surface area contributed by atoms with Crippen molar-refractivity contribution in [3.05, 3.63) is 107 Å². The molecule has 0 saturated heterocycles. The number of nitrogens with one attached hydrogen (secondary N) is 1. The van der Waals surface area contributed by atoms with E-state index < -0.39 is 11.6 Å². The third-order valence-corrected chi connectivity index (χ3v) is 6.33. The van der Waals surface area contributed by atoms with E-state index in [0.717, 1.165) is 9.79 Å². The molecule has 5 nitrogen and oxygen atoms in total. The quantitative estimate of drug-likeness (QED) is 0.402. The molecular formula is C25H19F2N3O2S. The van der Waals surface area contributed by atoms with E-state index in [1.807, 2.05) is 12.1 Å². The van der Waals surface area contributed by atoms with E-state index >= 15 is 0 Å². The van der Waals surface area contributed by atoms with Gasteiger partial charge in [-0.2, -0.15) is 9.78 Å². The fourth-order valence-corrected chi connectivity index (χ4v) is 4.27. The molecule has 1 aromatic heterocycles. The van der Waals surface area contributed by atoms with Crippen LogP contribution in [0.2, 0.25) is 0 Å². The summed E-state index contributed by atoms with van der Waals surface area (Å²) >= 11 is 1.37. The van der Waals surface area contributed by atoms with Crippen LogP contribution in [0.3, 0.4) is 0 Å². The van der Waals surface area contributed by atoms with Gasteiger partial charge in [0.15, 0.2) is 0 Å². The topological polar surface area (TPSA) is 64.0 Å². The fourth-order valence-electron chi connectivity index (χ4n) is 3.25. The number of para-hydroxylation sites is 1. The van der Waals surface area contributed by atoms with Crippen LogP contribution in [0.15, 0.2) is 82.6 Å². The molecule has 0 saturated carbocycles. The second-order valence-electron chi connectivity index (χ2n) is 7.28. The van der Waals surface area contributed by atoms with Gasteiger partial charge in [0.2, 0.25) is 0 Å². The van der Waals surface area contributed by atoms with Crippen LogP contribution in [-0.2, 0) is 0 Å². The van der Waals surface area contributed by atoms with E-state index in [-0.39, 0.29) is 11.8 Å². The summed E-state index contributed by atoms with van der Waals surface area (Å²) in [5.41, 5.74) is 2.51. The number of rotatable bonds is 5. The van der Waals surface area contributed by atoms with Crippen molar-refractivity contribution in [1.82, 2.24) is 9.78 Å². The van der Waals surface area contributed by atoms with Gasteiger partial charge in [-0.1, -0.05) is 23.9 Å². The van der Waals surface area contributed by atoms with Gasteiger partial charge >= 0.3 is 0 Å². The third kappa shape index (κ3) is 4.85. The number of nitrogens with zero attached hydrogens (tertiary/aromatic N) is 2. The highest BCUT2D eigenvalue weighted by atomic mass is 32.2. The van der Waals surface area contributed by atoms with Gasteiger partial charge in [-0.25, -0.2) is 8.78 Å². The summed E-state index contributed by atoms with van der Waals surface area (Å²) in [4.78, 5) is 27.0. The molecule has 0 spiro atoms. The Morgan fingerprint density at radius 3 is 2.06 bits per heavy atom. The number of benzene rings is 3. The zero-order chi connectivity index (χ0) is 23.5. The second kappa shape index (κ2) is 9.38. The number of aromatic nitrogens is 2. The minimum absolute atomic E-state index is 0.325. The number of hydrogen-bond acceptors (Lipinski definition) is 4. The molecule has 0 bridgehead atoms. The van der Waals surface area contributed by atoms with Gasteiger partial charge in [0.1, 0.15) is 11.6 Å². The van der Waals surface area contributed by atoms with E-state index in [2.05, 4.69) is 10.4 Å². The average molecular weight is 464 g/mol. The summed E-state index contributed by atoms with van der Waals surface area (Å²) in [5.74, 6) is -1.56. The molecule has 33 heavy (non-hydrogen) atoms. The number of amides is 1. The summed E-state index contributed by atoms with van der Waals surface area (Å²) in [6.07, 6.45) is 0. The normalized spacial score (nSPS) is 10.8. The van der Waals surface area contributed by atoms with E-state index in [0.29, 0.717) is 28.2 Å². The first-order valence-corrected chi connectivity index (χ1v) is 10.9. The molecule has 0 aliphatic heterocycles. The maximum Gasteiger partial charge on any atom is 0.278 e. The van der Waals surface area contributed by atoms with Crippen LogP contribution in [0.25, 0.3) is 0 Å². The lowest BCUT2D eigenvalue weighted by Crippen LogP contribution is -2.15. The van der Waals surface area contributed by atoms with Crippen LogP contribution >= 0.6 is 11.8 Å². The van der Waals surface area contributed by atoms with Crippen molar-refractivity contribution < 1.29 is 18.4 Å². The molecule has 1 N–H and O–H groups in total. The molecule has 166 valence electrons. The van der Waals surface area contributed by atoms with Crippen molar-refractivity contribution in [2.24, 2.45) is 0 Å². The van der Waals surface area contributed by atoms with Crippen molar-refractivity contribution in [1.29, 1.82) is 0 Å². The highest BCUT2D eigenvalue weighted by Gasteiger charge is 2.20. The van der Waals surface area contributed by atoms with Gasteiger partial charge < -0.3 is 5.32 Å². The Kier molecular flexibility index (Phi) is 6.37. The van der Waals surface area contributed by atoms with Gasteiger partial charge in [0, 0.05) is 16.0 Å². The number of carbonyl (C=O) groups excluding carboxylic acids is 2. The van der Waals surface area contributed by atoms with Crippen molar-refractivity contribution >= 4 is 29.3 Å². The lowest BCUT2D eigenvalue weighted by atomic mass is 10.2. The first-order chi connectivity index (χ1) is 15.8. The first kappa shape index (κ1) is 22.4. The van der Waals surface area contributed by atoms with Crippen molar-refractivity contribution in [2.45, 2.75) is 23.6 Å². The van der Waals surface area contributed by atoms with Crippen LogP contribution in [-0.4, -0.2) is 21.6 Å². The summed E-state index contributed by atoms with van der Waals surface area (Å²) in [6.45, 7) is 3.58. The Bertz CT molecular complexity index is 1330. The molecule has 8 heteroatoms. The molecule has 1 amide bonds. The average Bonchev–Trinajstić information content (AvgIpc) is 3.09. The smallest absolute Gasteiger partial charge is 0.278 e. The number of carbonyl (C=O) groups is 2. The van der Waals surface area contributed by atoms with Gasteiger partial charge in [0.25, 0.3) is 11.8 Å².